The molecule has 0 atom stereocenters. The molecule has 0 aromatic heterocycles. The van der Waals surface area contributed by atoms with E-state index >= 15 is 0 Å². The normalized spacial score (nSPS) is 12.5. The maximum absolute atomic E-state index is 11.2. The quantitative estimate of drug-likeness (QED) is 0.835. The summed E-state index contributed by atoms with van der Waals surface area (Å²) in [6.45, 7) is 6.37. The van der Waals surface area contributed by atoms with Gasteiger partial charge in [-0.1, -0.05) is 23.2 Å². The predicted octanol–water partition coefficient (Wildman–Crippen LogP) is 2.83. The van der Waals surface area contributed by atoms with Gasteiger partial charge in [0.25, 0.3) is 0 Å². The number of sulfonamides is 1. The minimum atomic E-state index is -3.86. The van der Waals surface area contributed by atoms with Gasteiger partial charge in [-0.15, -0.1) is 0 Å². The van der Waals surface area contributed by atoms with Gasteiger partial charge in [0.1, 0.15) is 6.61 Å². The molecule has 20 heavy (non-hydrogen) atoms. The molecule has 0 unspecified atom stereocenters. The molecule has 0 fully saturated rings. The predicted molar refractivity (Wildman–Crippen MR) is 79.0 cm³/mol. The Hall–Kier alpha value is -0.530. The Morgan fingerprint density at radius 3 is 2.05 bits per heavy atom. The summed E-state index contributed by atoms with van der Waals surface area (Å²) in [7, 11) is -3.86. The molecule has 2 N–H and O–H groups in total. The Bertz CT molecular complexity index is 559. The van der Waals surface area contributed by atoms with Crippen LogP contribution in [-0.2, 0) is 14.8 Å². The molecule has 0 amide bonds. The second kappa shape index (κ2) is 6.49. The summed E-state index contributed by atoms with van der Waals surface area (Å²) in [6.07, 6.45) is 0. The van der Waals surface area contributed by atoms with E-state index in [1.54, 1.807) is 0 Å². The van der Waals surface area contributed by atoms with Crippen LogP contribution in [0.5, 0.6) is 5.75 Å². The highest BCUT2D eigenvalue weighted by molar-refractivity contribution is 7.89. The third-order valence-electron chi connectivity index (χ3n) is 2.17. The molecule has 0 radical (unpaired) electrons. The van der Waals surface area contributed by atoms with Crippen LogP contribution in [0.25, 0.3) is 0 Å². The highest BCUT2D eigenvalue weighted by Gasteiger charge is 2.16. The van der Waals surface area contributed by atoms with Gasteiger partial charge in [0.05, 0.1) is 27.1 Å². The highest BCUT2D eigenvalue weighted by Crippen LogP contribution is 2.35. The van der Waals surface area contributed by atoms with Crippen LogP contribution in [0.2, 0.25) is 10.0 Å². The first-order valence-electron chi connectivity index (χ1n) is 5.79. The summed E-state index contributed by atoms with van der Waals surface area (Å²) < 4.78 is 33.3. The van der Waals surface area contributed by atoms with Crippen molar-refractivity contribution >= 4 is 33.2 Å². The summed E-state index contributed by atoms with van der Waals surface area (Å²) in [5.74, 6) is 0.207. The lowest BCUT2D eigenvalue weighted by Gasteiger charge is -2.20. The molecule has 0 aliphatic carbocycles. The first kappa shape index (κ1) is 17.5. The van der Waals surface area contributed by atoms with Gasteiger partial charge in [-0.05, 0) is 32.9 Å². The van der Waals surface area contributed by atoms with E-state index in [1.165, 1.54) is 12.1 Å². The zero-order valence-corrected chi connectivity index (χ0v) is 13.8. The van der Waals surface area contributed by atoms with Gasteiger partial charge in [-0.25, -0.2) is 13.6 Å². The van der Waals surface area contributed by atoms with Gasteiger partial charge >= 0.3 is 0 Å². The van der Waals surface area contributed by atoms with E-state index in [4.69, 9.17) is 37.8 Å². The molecule has 1 rings (SSSR count). The highest BCUT2D eigenvalue weighted by atomic mass is 35.5. The van der Waals surface area contributed by atoms with Gasteiger partial charge < -0.3 is 9.47 Å². The van der Waals surface area contributed by atoms with E-state index in [0.29, 0.717) is 6.61 Å². The van der Waals surface area contributed by atoms with E-state index in [0.717, 1.165) is 0 Å². The molecular formula is C12H17Cl2NO4S. The summed E-state index contributed by atoms with van der Waals surface area (Å²) in [4.78, 5) is -0.161. The molecule has 114 valence electrons. The van der Waals surface area contributed by atoms with Gasteiger partial charge in [0.2, 0.25) is 10.0 Å². The average Bonchev–Trinajstić information content (AvgIpc) is 2.23. The van der Waals surface area contributed by atoms with E-state index < -0.39 is 10.0 Å². The van der Waals surface area contributed by atoms with Crippen LogP contribution in [0.4, 0.5) is 0 Å². The Morgan fingerprint density at radius 1 is 1.15 bits per heavy atom. The van der Waals surface area contributed by atoms with Gasteiger partial charge in [-0.3, -0.25) is 0 Å². The van der Waals surface area contributed by atoms with Crippen molar-refractivity contribution in [2.75, 3.05) is 13.2 Å². The molecule has 0 saturated heterocycles. The molecule has 0 spiro atoms. The van der Waals surface area contributed by atoms with E-state index in [1.807, 2.05) is 20.8 Å². The molecule has 0 bridgehead atoms. The van der Waals surface area contributed by atoms with Crippen LogP contribution < -0.4 is 9.88 Å². The van der Waals surface area contributed by atoms with Crippen molar-refractivity contribution in [2.45, 2.75) is 31.3 Å². The topological polar surface area (TPSA) is 78.6 Å². The third-order valence-corrected chi connectivity index (χ3v) is 3.62. The van der Waals surface area contributed by atoms with Crippen LogP contribution in [0.3, 0.4) is 0 Å². The van der Waals surface area contributed by atoms with Crippen LogP contribution in [0.1, 0.15) is 20.8 Å². The van der Waals surface area contributed by atoms with E-state index in [9.17, 15) is 8.42 Å². The van der Waals surface area contributed by atoms with Crippen molar-refractivity contribution in [3.63, 3.8) is 0 Å². The van der Waals surface area contributed by atoms with Crippen molar-refractivity contribution in [3.8, 4) is 5.75 Å². The van der Waals surface area contributed by atoms with Crippen LogP contribution in [-0.4, -0.2) is 27.2 Å². The second-order valence-corrected chi connectivity index (χ2v) is 7.45. The van der Waals surface area contributed by atoms with Crippen molar-refractivity contribution in [1.29, 1.82) is 0 Å². The van der Waals surface area contributed by atoms with Crippen molar-refractivity contribution in [2.24, 2.45) is 5.14 Å². The number of rotatable bonds is 5. The number of ether oxygens (including phenoxy) is 2. The maximum atomic E-state index is 11.2. The Morgan fingerprint density at radius 2 is 1.65 bits per heavy atom. The first-order chi connectivity index (χ1) is 9.00. The zero-order chi connectivity index (χ0) is 15.6. The number of hydrogen-bond donors (Lipinski definition) is 1. The van der Waals surface area contributed by atoms with E-state index in [2.05, 4.69) is 0 Å². The minimum absolute atomic E-state index is 0.0808. The molecule has 5 nitrogen and oxygen atoms in total. The molecule has 0 aliphatic rings. The fourth-order valence-electron chi connectivity index (χ4n) is 1.33. The lowest BCUT2D eigenvalue weighted by atomic mass is 10.2. The van der Waals surface area contributed by atoms with Crippen molar-refractivity contribution in [1.82, 2.24) is 0 Å². The van der Waals surface area contributed by atoms with E-state index in [-0.39, 0.29) is 32.9 Å². The Balaban J connectivity index is 2.78. The summed E-state index contributed by atoms with van der Waals surface area (Å²) in [6, 6.07) is 2.39. The van der Waals surface area contributed by atoms with Gasteiger partial charge in [0, 0.05) is 0 Å². The standard InChI is InChI=1S/C12H17Cl2NO4S/c1-12(2,3)19-5-4-18-11-9(13)6-8(7-10(11)14)20(15,16)17/h6-7H,4-5H2,1-3H3,(H2,15,16,17). The lowest BCUT2D eigenvalue weighted by molar-refractivity contribution is -0.0162. The smallest absolute Gasteiger partial charge is 0.238 e. The third kappa shape index (κ3) is 5.46. The monoisotopic (exact) mass is 341 g/mol. The number of nitrogens with two attached hydrogens (primary N) is 1. The molecule has 1 aromatic carbocycles. The first-order valence-corrected chi connectivity index (χ1v) is 8.09. The molecule has 1 aromatic rings. The number of benzene rings is 1. The van der Waals surface area contributed by atoms with Gasteiger partial charge in [0.15, 0.2) is 5.75 Å². The average molecular weight is 342 g/mol. The number of halogens is 2. The lowest BCUT2D eigenvalue weighted by Crippen LogP contribution is -2.22. The Kier molecular flexibility index (Phi) is 5.69. The molecule has 0 heterocycles. The van der Waals surface area contributed by atoms with Gasteiger partial charge in [-0.2, -0.15) is 0 Å². The van der Waals surface area contributed by atoms with Crippen molar-refractivity contribution < 1.29 is 17.9 Å². The molecule has 0 aliphatic heterocycles. The van der Waals surface area contributed by atoms with Crippen LogP contribution in [0.15, 0.2) is 17.0 Å². The molecule has 0 saturated carbocycles. The Labute approximate surface area is 129 Å². The number of primary sulfonamides is 1. The zero-order valence-electron chi connectivity index (χ0n) is 11.4. The summed E-state index contributed by atoms with van der Waals surface area (Å²) >= 11 is 11.9. The summed E-state index contributed by atoms with van der Waals surface area (Å²) in [5, 5.41) is 5.17. The number of hydrogen-bond acceptors (Lipinski definition) is 4. The molecular weight excluding hydrogens is 325 g/mol. The molecule has 8 heteroatoms. The summed E-state index contributed by atoms with van der Waals surface area (Å²) in [5.41, 5.74) is -0.269. The minimum Gasteiger partial charge on any atom is -0.488 e. The van der Waals surface area contributed by atoms with Crippen molar-refractivity contribution in [3.05, 3.63) is 22.2 Å². The van der Waals surface area contributed by atoms with Crippen LogP contribution >= 0.6 is 23.2 Å². The maximum Gasteiger partial charge on any atom is 0.238 e. The second-order valence-electron chi connectivity index (χ2n) is 5.07. The van der Waals surface area contributed by atoms with Crippen LogP contribution in [0, 0.1) is 0 Å². The fraction of sp³-hybridized carbons (Fsp3) is 0.500. The fourth-order valence-corrected chi connectivity index (χ4v) is 2.62. The largest absolute Gasteiger partial charge is 0.488 e. The SMILES string of the molecule is CC(C)(C)OCCOc1c(Cl)cc(S(N)(=O)=O)cc1Cl.